The molecule has 0 saturated heterocycles. The van der Waals surface area contributed by atoms with Crippen molar-refractivity contribution >= 4 is 28.7 Å². The number of benzene rings is 3. The number of H-pyrrole nitrogens is 1. The first kappa shape index (κ1) is 23.4. The van der Waals surface area contributed by atoms with Crippen LogP contribution in [0.25, 0.3) is 10.9 Å². The molecule has 36 heavy (non-hydrogen) atoms. The summed E-state index contributed by atoms with van der Waals surface area (Å²) >= 11 is 0. The van der Waals surface area contributed by atoms with Crippen LogP contribution in [0, 0.1) is 0 Å². The van der Waals surface area contributed by atoms with Gasteiger partial charge < -0.3 is 20.7 Å². The number of aliphatic carboxylic acids is 1. The van der Waals surface area contributed by atoms with Crippen LogP contribution in [-0.2, 0) is 22.4 Å². The molecule has 1 atom stereocenters. The lowest BCUT2D eigenvalue weighted by Gasteiger charge is -2.25. The van der Waals surface area contributed by atoms with Crippen molar-refractivity contribution in [2.24, 2.45) is 0 Å². The molecule has 0 aliphatic heterocycles. The number of carboxylic acids is 1. The smallest absolute Gasteiger partial charge is 0.303 e. The zero-order valence-electron chi connectivity index (χ0n) is 19.7. The molecular formula is C29H27N3O4. The molecule has 4 aromatic rings. The van der Waals surface area contributed by atoms with Crippen molar-refractivity contribution in [1.29, 1.82) is 0 Å². The molecule has 1 aliphatic rings. The van der Waals surface area contributed by atoms with E-state index in [-0.39, 0.29) is 12.8 Å². The number of aromatic nitrogens is 1. The van der Waals surface area contributed by atoms with E-state index < -0.39 is 29.9 Å². The van der Waals surface area contributed by atoms with Crippen LogP contribution in [0.4, 0.5) is 0 Å². The Balaban J connectivity index is 1.42. The second-order valence-corrected chi connectivity index (χ2v) is 9.07. The van der Waals surface area contributed by atoms with E-state index in [9.17, 15) is 19.5 Å². The van der Waals surface area contributed by atoms with Gasteiger partial charge in [-0.1, -0.05) is 66.7 Å². The number of amides is 2. The van der Waals surface area contributed by atoms with E-state index in [4.69, 9.17) is 0 Å². The molecule has 3 aromatic carbocycles. The summed E-state index contributed by atoms with van der Waals surface area (Å²) in [4.78, 5) is 41.0. The monoisotopic (exact) mass is 481 g/mol. The molecule has 0 fully saturated rings. The van der Waals surface area contributed by atoms with Crippen LogP contribution in [0.2, 0.25) is 0 Å². The van der Waals surface area contributed by atoms with E-state index in [0.29, 0.717) is 5.69 Å². The predicted octanol–water partition coefficient (Wildman–Crippen LogP) is 4.14. The predicted molar refractivity (Wildman–Crippen MR) is 137 cm³/mol. The summed E-state index contributed by atoms with van der Waals surface area (Å²) in [6.07, 6.45) is 1.45. The van der Waals surface area contributed by atoms with Crippen LogP contribution in [0.1, 0.15) is 51.6 Å². The Bertz CT molecular complexity index is 1360. The van der Waals surface area contributed by atoms with E-state index in [1.807, 2.05) is 60.7 Å². The lowest BCUT2D eigenvalue weighted by atomic mass is 9.94. The first-order valence-corrected chi connectivity index (χ1v) is 12.1. The first-order chi connectivity index (χ1) is 17.5. The minimum atomic E-state index is -1.03. The minimum Gasteiger partial charge on any atom is -0.481 e. The number of hydrogen-bond acceptors (Lipinski definition) is 3. The Morgan fingerprint density at radius 2 is 1.50 bits per heavy atom. The number of aryl methyl sites for hydroxylation is 2. The zero-order chi connectivity index (χ0) is 25.1. The second kappa shape index (κ2) is 10.1. The summed E-state index contributed by atoms with van der Waals surface area (Å²) in [6, 6.07) is 23.8. The maximum absolute atomic E-state index is 13.6. The Labute approximate surface area is 208 Å². The number of carbonyl (C=O) groups excluding carboxylic acids is 2. The van der Waals surface area contributed by atoms with E-state index >= 15 is 0 Å². The standard InChI is InChI=1S/C29H27N3O4/c33-26(34)16-15-24(31-29(36)25-17-20-9-3-6-12-23(20)30-25)28(35)32-27-21-10-4-1-7-18(21)13-14-19-8-2-5-11-22(19)27/h1-12,17,24,27,30H,13-16H2,(H,31,36)(H,32,35)(H,33,34)/t24-/m0/s1. The van der Waals surface area contributed by atoms with Gasteiger partial charge in [-0.2, -0.15) is 0 Å². The third-order valence-electron chi connectivity index (χ3n) is 6.73. The average Bonchev–Trinajstić information content (AvgIpc) is 3.26. The van der Waals surface area contributed by atoms with E-state index in [1.165, 1.54) is 0 Å². The van der Waals surface area contributed by atoms with Crippen LogP contribution in [-0.4, -0.2) is 33.9 Å². The van der Waals surface area contributed by atoms with Crippen LogP contribution >= 0.6 is 0 Å². The van der Waals surface area contributed by atoms with Crippen LogP contribution in [0.5, 0.6) is 0 Å². The fraction of sp³-hybridized carbons (Fsp3) is 0.207. The topological polar surface area (TPSA) is 111 Å². The van der Waals surface area contributed by atoms with E-state index in [0.717, 1.165) is 46.0 Å². The van der Waals surface area contributed by atoms with Crippen LogP contribution in [0.15, 0.2) is 78.9 Å². The van der Waals surface area contributed by atoms with Crippen molar-refractivity contribution in [3.05, 3.63) is 107 Å². The number of rotatable bonds is 7. The summed E-state index contributed by atoms with van der Waals surface area (Å²) in [7, 11) is 0. The Morgan fingerprint density at radius 1 is 0.889 bits per heavy atom. The molecule has 0 bridgehead atoms. The van der Waals surface area contributed by atoms with Gasteiger partial charge in [0.15, 0.2) is 0 Å². The number of fused-ring (bicyclic) bond motifs is 3. The number of aromatic amines is 1. The summed E-state index contributed by atoms with van der Waals surface area (Å²) in [5.74, 6) is -1.91. The van der Waals surface area contributed by atoms with Crippen molar-refractivity contribution < 1.29 is 19.5 Å². The first-order valence-electron chi connectivity index (χ1n) is 12.1. The van der Waals surface area contributed by atoms with Crippen molar-refractivity contribution in [1.82, 2.24) is 15.6 Å². The summed E-state index contributed by atoms with van der Waals surface area (Å²) in [6.45, 7) is 0. The molecule has 1 heterocycles. The molecule has 5 rings (SSSR count). The van der Waals surface area contributed by atoms with Crippen molar-refractivity contribution in [2.45, 2.75) is 37.8 Å². The number of nitrogens with one attached hydrogen (secondary N) is 3. The van der Waals surface area contributed by atoms with Crippen molar-refractivity contribution in [2.75, 3.05) is 0 Å². The van der Waals surface area contributed by atoms with Gasteiger partial charge >= 0.3 is 5.97 Å². The van der Waals surface area contributed by atoms with Gasteiger partial charge in [-0.3, -0.25) is 14.4 Å². The Kier molecular flexibility index (Phi) is 6.54. The molecule has 0 saturated carbocycles. The second-order valence-electron chi connectivity index (χ2n) is 9.07. The van der Waals surface area contributed by atoms with E-state index in [1.54, 1.807) is 6.07 Å². The van der Waals surface area contributed by atoms with Gasteiger partial charge in [0, 0.05) is 17.3 Å². The number of carbonyl (C=O) groups is 3. The lowest BCUT2D eigenvalue weighted by molar-refractivity contribution is -0.137. The highest BCUT2D eigenvalue weighted by Gasteiger charge is 2.29. The Hall–Kier alpha value is -4.39. The molecule has 182 valence electrons. The highest BCUT2D eigenvalue weighted by atomic mass is 16.4. The number of carboxylic acid groups (broad SMARTS) is 1. The van der Waals surface area contributed by atoms with Gasteiger partial charge in [0.05, 0.1) is 6.04 Å². The van der Waals surface area contributed by atoms with Gasteiger partial charge in [-0.15, -0.1) is 0 Å². The molecule has 0 radical (unpaired) electrons. The SMILES string of the molecule is O=C(O)CC[C@H](NC(=O)c1cc2ccccc2[nH]1)C(=O)NC1c2ccccc2CCc2ccccc21. The largest absolute Gasteiger partial charge is 0.481 e. The lowest BCUT2D eigenvalue weighted by Crippen LogP contribution is -2.48. The fourth-order valence-corrected chi connectivity index (χ4v) is 4.89. The van der Waals surface area contributed by atoms with Crippen LogP contribution in [0.3, 0.4) is 0 Å². The molecule has 1 aromatic heterocycles. The summed E-state index contributed by atoms with van der Waals surface area (Å²) in [5, 5.41) is 16.0. The van der Waals surface area contributed by atoms with Gasteiger partial charge in [-0.05, 0) is 53.6 Å². The molecule has 0 spiro atoms. The minimum absolute atomic E-state index is 0.0247. The molecular weight excluding hydrogens is 454 g/mol. The third-order valence-corrected chi connectivity index (χ3v) is 6.73. The fourth-order valence-electron chi connectivity index (χ4n) is 4.89. The highest BCUT2D eigenvalue weighted by Crippen LogP contribution is 2.32. The number of hydrogen-bond donors (Lipinski definition) is 4. The maximum atomic E-state index is 13.6. The molecule has 1 aliphatic carbocycles. The quantitative estimate of drug-likeness (QED) is 0.318. The average molecular weight is 482 g/mol. The summed E-state index contributed by atoms with van der Waals surface area (Å²) < 4.78 is 0. The Morgan fingerprint density at radius 3 is 2.14 bits per heavy atom. The van der Waals surface area contributed by atoms with Crippen LogP contribution < -0.4 is 10.6 Å². The van der Waals surface area contributed by atoms with Gasteiger partial charge in [0.1, 0.15) is 11.7 Å². The third kappa shape index (κ3) is 4.86. The van der Waals surface area contributed by atoms with Gasteiger partial charge in [0.2, 0.25) is 5.91 Å². The van der Waals surface area contributed by atoms with Crippen molar-refractivity contribution in [3.63, 3.8) is 0 Å². The maximum Gasteiger partial charge on any atom is 0.303 e. The molecule has 4 N–H and O–H groups in total. The van der Waals surface area contributed by atoms with Gasteiger partial charge in [-0.25, -0.2) is 0 Å². The molecule has 0 unspecified atom stereocenters. The normalized spacial score (nSPS) is 13.8. The van der Waals surface area contributed by atoms with Gasteiger partial charge in [0.25, 0.3) is 5.91 Å². The molecule has 2 amide bonds. The summed E-state index contributed by atoms with van der Waals surface area (Å²) in [5.41, 5.74) is 5.45. The number of para-hydroxylation sites is 1. The highest BCUT2D eigenvalue weighted by molar-refractivity contribution is 6.00. The van der Waals surface area contributed by atoms with E-state index in [2.05, 4.69) is 27.8 Å². The molecule has 7 nitrogen and oxygen atoms in total. The zero-order valence-corrected chi connectivity index (χ0v) is 19.7. The van der Waals surface area contributed by atoms with Crippen molar-refractivity contribution in [3.8, 4) is 0 Å². The molecule has 7 heteroatoms.